The van der Waals surface area contributed by atoms with Gasteiger partial charge in [-0.2, -0.15) is 0 Å². The van der Waals surface area contributed by atoms with E-state index in [1.54, 1.807) is 0 Å². The van der Waals surface area contributed by atoms with E-state index in [2.05, 4.69) is 10.2 Å². The Kier molecular flexibility index (Phi) is 5.30. The Labute approximate surface area is 120 Å². The number of rotatable bonds is 5. The van der Waals surface area contributed by atoms with Crippen LogP contribution >= 0.6 is 0 Å². The molecule has 2 rings (SSSR count). The zero-order chi connectivity index (χ0) is 14.4. The highest BCUT2D eigenvalue weighted by atomic mass is 16.2. The van der Waals surface area contributed by atoms with Crippen molar-refractivity contribution in [2.75, 3.05) is 19.6 Å². The molecule has 1 atom stereocenters. The number of hydrogen-bond acceptors (Lipinski definition) is 3. The second-order valence-corrected chi connectivity index (χ2v) is 5.32. The van der Waals surface area contributed by atoms with Gasteiger partial charge in [0.15, 0.2) is 0 Å². The highest BCUT2D eigenvalue weighted by Gasteiger charge is 2.26. The number of nitrogens with one attached hydrogen (secondary N) is 1. The Morgan fingerprint density at radius 3 is 2.80 bits per heavy atom. The SMILES string of the molecule is CCC1CN(CC(=O)NCc2ccccc2)CCC1=O. The zero-order valence-corrected chi connectivity index (χ0v) is 12.0. The third-order valence-electron chi connectivity index (χ3n) is 3.80. The monoisotopic (exact) mass is 274 g/mol. The van der Waals surface area contributed by atoms with Crippen molar-refractivity contribution in [2.45, 2.75) is 26.3 Å². The van der Waals surface area contributed by atoms with Crippen molar-refractivity contribution in [2.24, 2.45) is 5.92 Å². The average Bonchev–Trinajstić information content (AvgIpc) is 2.48. The van der Waals surface area contributed by atoms with E-state index in [0.29, 0.717) is 38.4 Å². The van der Waals surface area contributed by atoms with Crippen LogP contribution in [0.4, 0.5) is 0 Å². The first-order chi connectivity index (χ1) is 9.69. The summed E-state index contributed by atoms with van der Waals surface area (Å²) in [7, 11) is 0. The minimum absolute atomic E-state index is 0.0260. The summed E-state index contributed by atoms with van der Waals surface area (Å²) >= 11 is 0. The molecule has 20 heavy (non-hydrogen) atoms. The number of amides is 1. The largest absolute Gasteiger partial charge is 0.351 e. The van der Waals surface area contributed by atoms with Crippen LogP contribution in [0.15, 0.2) is 30.3 Å². The number of benzene rings is 1. The first-order valence-electron chi connectivity index (χ1n) is 7.24. The Morgan fingerprint density at radius 1 is 1.35 bits per heavy atom. The van der Waals surface area contributed by atoms with Gasteiger partial charge in [-0.1, -0.05) is 37.3 Å². The number of hydrogen-bond donors (Lipinski definition) is 1. The second kappa shape index (κ2) is 7.20. The standard InChI is InChI=1S/C16H22N2O2/c1-2-14-11-18(9-8-15(14)19)12-16(20)17-10-13-6-4-3-5-7-13/h3-7,14H,2,8-12H2,1H3,(H,17,20). The lowest BCUT2D eigenvalue weighted by Gasteiger charge is -2.30. The molecule has 0 spiro atoms. The van der Waals surface area contributed by atoms with Gasteiger partial charge >= 0.3 is 0 Å². The fourth-order valence-electron chi connectivity index (χ4n) is 2.53. The third-order valence-corrected chi connectivity index (χ3v) is 3.80. The molecule has 1 aliphatic heterocycles. The van der Waals surface area contributed by atoms with E-state index in [-0.39, 0.29) is 11.8 Å². The molecule has 4 nitrogen and oxygen atoms in total. The van der Waals surface area contributed by atoms with Crippen LogP contribution in [-0.4, -0.2) is 36.2 Å². The molecule has 1 aliphatic rings. The van der Waals surface area contributed by atoms with E-state index in [1.165, 1.54) is 0 Å². The van der Waals surface area contributed by atoms with Crippen LogP contribution in [-0.2, 0) is 16.1 Å². The summed E-state index contributed by atoms with van der Waals surface area (Å²) in [5, 5.41) is 2.92. The summed E-state index contributed by atoms with van der Waals surface area (Å²) in [6.45, 7) is 4.39. The van der Waals surface area contributed by atoms with Gasteiger partial charge in [0.05, 0.1) is 6.54 Å². The van der Waals surface area contributed by atoms with Crippen molar-refractivity contribution in [1.29, 1.82) is 0 Å². The Bertz CT molecular complexity index is 459. The maximum absolute atomic E-state index is 11.9. The molecule has 1 aromatic carbocycles. The van der Waals surface area contributed by atoms with E-state index >= 15 is 0 Å². The fraction of sp³-hybridized carbons (Fsp3) is 0.500. The lowest BCUT2D eigenvalue weighted by atomic mass is 9.94. The maximum Gasteiger partial charge on any atom is 0.234 e. The molecule has 0 saturated carbocycles. The molecule has 1 aromatic rings. The van der Waals surface area contributed by atoms with Crippen LogP contribution in [0.1, 0.15) is 25.3 Å². The molecule has 0 bridgehead atoms. The molecule has 0 aromatic heterocycles. The predicted molar refractivity (Wildman–Crippen MR) is 78.1 cm³/mol. The van der Waals surface area contributed by atoms with Gasteiger partial charge < -0.3 is 5.32 Å². The Morgan fingerprint density at radius 2 is 2.10 bits per heavy atom. The molecule has 1 amide bonds. The van der Waals surface area contributed by atoms with E-state index in [1.807, 2.05) is 37.3 Å². The number of likely N-dealkylation sites (tertiary alicyclic amines) is 1. The predicted octanol–water partition coefficient (Wildman–Crippen LogP) is 1.60. The highest BCUT2D eigenvalue weighted by Crippen LogP contribution is 2.15. The summed E-state index contributed by atoms with van der Waals surface area (Å²) in [6.07, 6.45) is 1.44. The minimum Gasteiger partial charge on any atom is -0.351 e. The van der Waals surface area contributed by atoms with Crippen molar-refractivity contribution >= 4 is 11.7 Å². The highest BCUT2D eigenvalue weighted by molar-refractivity contribution is 5.83. The number of Topliss-reactive ketones (excluding diaryl/α,β-unsaturated/α-hetero) is 1. The number of nitrogens with zero attached hydrogens (tertiary/aromatic N) is 1. The normalized spacial score (nSPS) is 19.9. The lowest BCUT2D eigenvalue weighted by Crippen LogP contribution is -2.45. The number of ketones is 1. The maximum atomic E-state index is 11.9. The molecular formula is C16H22N2O2. The lowest BCUT2D eigenvalue weighted by molar-refractivity contribution is -0.129. The average molecular weight is 274 g/mol. The van der Waals surface area contributed by atoms with Gasteiger partial charge in [-0.05, 0) is 12.0 Å². The molecule has 108 valence electrons. The van der Waals surface area contributed by atoms with E-state index in [9.17, 15) is 9.59 Å². The zero-order valence-electron chi connectivity index (χ0n) is 12.0. The van der Waals surface area contributed by atoms with Gasteiger partial charge in [0.1, 0.15) is 5.78 Å². The molecule has 1 heterocycles. The summed E-state index contributed by atoms with van der Waals surface area (Å²) < 4.78 is 0. The smallest absolute Gasteiger partial charge is 0.234 e. The van der Waals surface area contributed by atoms with Gasteiger partial charge in [-0.3, -0.25) is 14.5 Å². The van der Waals surface area contributed by atoms with Gasteiger partial charge in [0.25, 0.3) is 0 Å². The van der Waals surface area contributed by atoms with Crippen LogP contribution in [0.2, 0.25) is 0 Å². The van der Waals surface area contributed by atoms with Crippen molar-refractivity contribution in [3.63, 3.8) is 0 Å². The Balaban J connectivity index is 1.76. The summed E-state index contributed by atoms with van der Waals surface area (Å²) in [5.41, 5.74) is 1.10. The second-order valence-electron chi connectivity index (χ2n) is 5.32. The van der Waals surface area contributed by atoms with Crippen LogP contribution < -0.4 is 5.32 Å². The molecule has 0 radical (unpaired) electrons. The molecule has 1 saturated heterocycles. The fourth-order valence-corrected chi connectivity index (χ4v) is 2.53. The third kappa shape index (κ3) is 4.17. The summed E-state index contributed by atoms with van der Waals surface area (Å²) in [4.78, 5) is 25.6. The van der Waals surface area contributed by atoms with E-state index in [0.717, 1.165) is 12.0 Å². The van der Waals surface area contributed by atoms with Gasteiger partial charge in [-0.25, -0.2) is 0 Å². The molecular weight excluding hydrogens is 252 g/mol. The van der Waals surface area contributed by atoms with Crippen LogP contribution in [0.5, 0.6) is 0 Å². The molecule has 4 heteroatoms. The van der Waals surface area contributed by atoms with Gasteiger partial charge in [-0.15, -0.1) is 0 Å². The van der Waals surface area contributed by atoms with Gasteiger partial charge in [0.2, 0.25) is 5.91 Å². The van der Waals surface area contributed by atoms with Crippen molar-refractivity contribution in [3.8, 4) is 0 Å². The molecule has 1 unspecified atom stereocenters. The summed E-state index contributed by atoms with van der Waals surface area (Å²) in [5.74, 6) is 0.470. The minimum atomic E-state index is 0.0260. The molecule has 1 fully saturated rings. The van der Waals surface area contributed by atoms with E-state index in [4.69, 9.17) is 0 Å². The quantitative estimate of drug-likeness (QED) is 0.887. The molecule has 0 aliphatic carbocycles. The van der Waals surface area contributed by atoms with Gasteiger partial charge in [0, 0.05) is 32.0 Å². The van der Waals surface area contributed by atoms with Crippen molar-refractivity contribution in [1.82, 2.24) is 10.2 Å². The number of carbonyl (C=O) groups is 2. The van der Waals surface area contributed by atoms with Crippen LogP contribution in [0.25, 0.3) is 0 Å². The van der Waals surface area contributed by atoms with Crippen LogP contribution in [0, 0.1) is 5.92 Å². The Hall–Kier alpha value is -1.68. The number of piperidine rings is 1. The number of carbonyl (C=O) groups excluding carboxylic acids is 2. The van der Waals surface area contributed by atoms with E-state index < -0.39 is 0 Å². The van der Waals surface area contributed by atoms with Crippen molar-refractivity contribution < 1.29 is 9.59 Å². The van der Waals surface area contributed by atoms with Crippen molar-refractivity contribution in [3.05, 3.63) is 35.9 Å². The first kappa shape index (κ1) is 14.7. The van der Waals surface area contributed by atoms with Crippen LogP contribution in [0.3, 0.4) is 0 Å². The topological polar surface area (TPSA) is 49.4 Å². The summed E-state index contributed by atoms with van der Waals surface area (Å²) in [6, 6.07) is 9.87. The first-order valence-corrected chi connectivity index (χ1v) is 7.24. The molecule has 1 N–H and O–H groups in total.